The van der Waals surface area contributed by atoms with E-state index in [1.165, 1.54) is 0 Å². The molecule has 4 rings (SSSR count). The lowest BCUT2D eigenvalue weighted by molar-refractivity contribution is 0.374. The summed E-state index contributed by atoms with van der Waals surface area (Å²) in [5, 5.41) is 13.2. The van der Waals surface area contributed by atoms with Crippen molar-refractivity contribution in [3.05, 3.63) is 65.5 Å². The van der Waals surface area contributed by atoms with E-state index in [4.69, 9.17) is 9.78 Å². The Hall–Kier alpha value is -3.06. The molecule has 1 atom stereocenters. The number of fused-ring (bicyclic) bond motifs is 3. The van der Waals surface area contributed by atoms with E-state index in [1.807, 2.05) is 37.3 Å². The molecule has 4 nitrogen and oxygen atoms in total. The highest BCUT2D eigenvalue weighted by molar-refractivity contribution is 5.86. The van der Waals surface area contributed by atoms with Crippen LogP contribution in [0.15, 0.2) is 53.1 Å². The number of hydrogen-bond acceptors (Lipinski definition) is 4. The molecule has 24 heavy (non-hydrogen) atoms. The van der Waals surface area contributed by atoms with Gasteiger partial charge in [0.2, 0.25) is 0 Å². The summed E-state index contributed by atoms with van der Waals surface area (Å²) in [4.78, 5) is 2.31. The minimum absolute atomic E-state index is 0.215. The molecule has 0 saturated carbocycles. The zero-order valence-electron chi connectivity index (χ0n) is 13.7. The van der Waals surface area contributed by atoms with Crippen LogP contribution in [0, 0.1) is 18.3 Å². The van der Waals surface area contributed by atoms with Crippen LogP contribution in [0.1, 0.15) is 23.9 Å². The van der Waals surface area contributed by atoms with Crippen molar-refractivity contribution < 1.29 is 4.52 Å². The standard InChI is InChI=1S/C20H17N3O/c1-13-11-19-20(14(2)22-24-19)17-5-3-4-6-18(17)23(13)16-9-7-15(12-21)8-10-16/h3-10,13H,11H2,1-2H3. The summed E-state index contributed by atoms with van der Waals surface area (Å²) in [6, 6.07) is 18.5. The molecule has 2 heterocycles. The highest BCUT2D eigenvalue weighted by Gasteiger charge is 2.29. The van der Waals surface area contributed by atoms with Crippen molar-refractivity contribution in [3.63, 3.8) is 0 Å². The molecule has 2 aromatic carbocycles. The van der Waals surface area contributed by atoms with Crippen LogP contribution >= 0.6 is 0 Å². The Morgan fingerprint density at radius 2 is 1.92 bits per heavy atom. The van der Waals surface area contributed by atoms with Gasteiger partial charge in [0.1, 0.15) is 5.76 Å². The number of anilines is 2. The average Bonchev–Trinajstić information content (AvgIpc) is 2.90. The van der Waals surface area contributed by atoms with Crippen molar-refractivity contribution in [2.45, 2.75) is 26.3 Å². The van der Waals surface area contributed by atoms with Gasteiger partial charge in [0, 0.05) is 35.0 Å². The van der Waals surface area contributed by atoms with Crippen LogP contribution in [0.5, 0.6) is 0 Å². The van der Waals surface area contributed by atoms with E-state index in [-0.39, 0.29) is 6.04 Å². The molecule has 0 saturated heterocycles. The molecule has 1 aliphatic heterocycles. The van der Waals surface area contributed by atoms with E-state index in [0.717, 1.165) is 40.4 Å². The summed E-state index contributed by atoms with van der Waals surface area (Å²) in [7, 11) is 0. The van der Waals surface area contributed by atoms with Crippen molar-refractivity contribution in [1.82, 2.24) is 5.16 Å². The monoisotopic (exact) mass is 315 g/mol. The third kappa shape index (κ3) is 2.17. The van der Waals surface area contributed by atoms with Crippen molar-refractivity contribution in [2.24, 2.45) is 0 Å². The van der Waals surface area contributed by atoms with Gasteiger partial charge in [0.05, 0.1) is 17.3 Å². The molecule has 1 aliphatic rings. The molecule has 0 spiro atoms. The number of aromatic nitrogens is 1. The average molecular weight is 315 g/mol. The van der Waals surface area contributed by atoms with Gasteiger partial charge >= 0.3 is 0 Å². The predicted octanol–water partition coefficient (Wildman–Crippen LogP) is 4.60. The van der Waals surface area contributed by atoms with Crippen LogP contribution in [0.2, 0.25) is 0 Å². The Labute approximate surface area is 140 Å². The number of nitrogens with zero attached hydrogens (tertiary/aromatic N) is 3. The Kier molecular flexibility index (Phi) is 3.35. The quantitative estimate of drug-likeness (QED) is 0.658. The van der Waals surface area contributed by atoms with Crippen LogP contribution in [0.3, 0.4) is 0 Å². The fourth-order valence-electron chi connectivity index (χ4n) is 3.48. The number of hydrogen-bond donors (Lipinski definition) is 0. The van der Waals surface area contributed by atoms with E-state index >= 15 is 0 Å². The second kappa shape index (κ2) is 5.54. The van der Waals surface area contributed by atoms with E-state index in [9.17, 15) is 0 Å². The number of para-hydroxylation sites is 1. The van der Waals surface area contributed by atoms with Gasteiger partial charge in [-0.05, 0) is 44.2 Å². The van der Waals surface area contributed by atoms with Crippen molar-refractivity contribution in [2.75, 3.05) is 4.90 Å². The molecule has 0 bridgehead atoms. The van der Waals surface area contributed by atoms with Crippen LogP contribution in [-0.2, 0) is 6.42 Å². The van der Waals surface area contributed by atoms with Gasteiger partial charge in [0.15, 0.2) is 0 Å². The molecule has 0 fully saturated rings. The highest BCUT2D eigenvalue weighted by Crippen LogP contribution is 2.43. The third-order valence-corrected chi connectivity index (χ3v) is 4.56. The maximum absolute atomic E-state index is 9.03. The van der Waals surface area contributed by atoms with Crippen molar-refractivity contribution in [3.8, 4) is 17.2 Å². The Morgan fingerprint density at radius 1 is 1.17 bits per heavy atom. The Balaban J connectivity index is 1.92. The summed E-state index contributed by atoms with van der Waals surface area (Å²) in [6.07, 6.45) is 0.783. The van der Waals surface area contributed by atoms with E-state index in [2.05, 4.69) is 41.2 Å². The minimum Gasteiger partial charge on any atom is -0.360 e. The minimum atomic E-state index is 0.215. The van der Waals surface area contributed by atoms with Crippen LogP contribution in [0.4, 0.5) is 11.4 Å². The zero-order chi connectivity index (χ0) is 16.7. The van der Waals surface area contributed by atoms with Gasteiger partial charge < -0.3 is 9.42 Å². The molecule has 118 valence electrons. The molecule has 0 aliphatic carbocycles. The first-order valence-electron chi connectivity index (χ1n) is 8.03. The van der Waals surface area contributed by atoms with E-state index < -0.39 is 0 Å². The number of aryl methyl sites for hydroxylation is 1. The van der Waals surface area contributed by atoms with Crippen LogP contribution in [-0.4, -0.2) is 11.2 Å². The van der Waals surface area contributed by atoms with Gasteiger partial charge in [-0.3, -0.25) is 0 Å². The number of rotatable bonds is 1. The first-order chi connectivity index (χ1) is 11.7. The first-order valence-corrected chi connectivity index (χ1v) is 8.03. The molecule has 0 radical (unpaired) electrons. The Morgan fingerprint density at radius 3 is 2.67 bits per heavy atom. The van der Waals surface area contributed by atoms with Gasteiger partial charge in [-0.1, -0.05) is 23.4 Å². The second-order valence-electron chi connectivity index (χ2n) is 6.17. The third-order valence-electron chi connectivity index (χ3n) is 4.56. The van der Waals surface area contributed by atoms with Crippen molar-refractivity contribution in [1.29, 1.82) is 5.26 Å². The molecular weight excluding hydrogens is 298 g/mol. The van der Waals surface area contributed by atoms with Crippen molar-refractivity contribution >= 4 is 11.4 Å². The molecular formula is C20H17N3O. The maximum Gasteiger partial charge on any atom is 0.146 e. The molecule has 3 aromatic rings. The second-order valence-corrected chi connectivity index (χ2v) is 6.17. The summed E-state index contributed by atoms with van der Waals surface area (Å²) < 4.78 is 5.59. The fraction of sp³-hybridized carbons (Fsp3) is 0.200. The van der Waals surface area contributed by atoms with Gasteiger partial charge in [-0.25, -0.2) is 0 Å². The predicted molar refractivity (Wildman–Crippen MR) is 93.1 cm³/mol. The van der Waals surface area contributed by atoms with E-state index in [1.54, 1.807) is 0 Å². The molecule has 1 aromatic heterocycles. The lowest BCUT2D eigenvalue weighted by Crippen LogP contribution is -2.29. The lowest BCUT2D eigenvalue weighted by Gasteiger charge is -2.31. The van der Waals surface area contributed by atoms with E-state index in [0.29, 0.717) is 5.56 Å². The van der Waals surface area contributed by atoms with Crippen LogP contribution in [0.25, 0.3) is 11.1 Å². The molecule has 0 amide bonds. The van der Waals surface area contributed by atoms with Gasteiger partial charge in [-0.2, -0.15) is 5.26 Å². The lowest BCUT2D eigenvalue weighted by atomic mass is 10.0. The SMILES string of the molecule is Cc1noc2c1-c1ccccc1N(c1ccc(C#N)cc1)C(C)C2. The van der Waals surface area contributed by atoms with Gasteiger partial charge in [0.25, 0.3) is 0 Å². The smallest absolute Gasteiger partial charge is 0.146 e. The summed E-state index contributed by atoms with van der Waals surface area (Å²) in [5.41, 5.74) is 6.05. The number of nitriles is 1. The summed E-state index contributed by atoms with van der Waals surface area (Å²) in [6.45, 7) is 4.17. The topological polar surface area (TPSA) is 53.1 Å². The molecule has 4 heteroatoms. The van der Waals surface area contributed by atoms with Gasteiger partial charge in [-0.15, -0.1) is 0 Å². The summed E-state index contributed by atoms with van der Waals surface area (Å²) in [5.74, 6) is 0.934. The fourth-order valence-corrected chi connectivity index (χ4v) is 3.48. The first kappa shape index (κ1) is 14.5. The Bertz CT molecular complexity index is 934. The largest absolute Gasteiger partial charge is 0.360 e. The number of benzene rings is 2. The summed E-state index contributed by atoms with van der Waals surface area (Å²) >= 11 is 0. The molecule has 1 unspecified atom stereocenters. The zero-order valence-corrected chi connectivity index (χ0v) is 13.7. The molecule has 0 N–H and O–H groups in total. The van der Waals surface area contributed by atoms with Crippen LogP contribution < -0.4 is 4.90 Å². The maximum atomic E-state index is 9.03. The highest BCUT2D eigenvalue weighted by atomic mass is 16.5. The normalized spacial score (nSPS) is 16.0.